The smallest absolute Gasteiger partial charge is 0.261 e. The highest BCUT2D eigenvalue weighted by Crippen LogP contribution is 2.30. The van der Waals surface area contributed by atoms with Crippen LogP contribution in [0, 0.1) is 0 Å². The third kappa shape index (κ3) is 3.31. The zero-order valence-corrected chi connectivity index (χ0v) is 16.6. The molecular weight excluding hydrogens is 394 g/mol. The summed E-state index contributed by atoms with van der Waals surface area (Å²) in [4.78, 5) is 39.3. The Kier molecular flexibility index (Phi) is 4.66. The first-order valence-electron chi connectivity index (χ1n) is 10.1. The number of fused-ring (bicyclic) bond motifs is 1. The van der Waals surface area contributed by atoms with Crippen LogP contribution < -0.4 is 5.32 Å². The van der Waals surface area contributed by atoms with Gasteiger partial charge in [-0.2, -0.15) is 0 Å². The second-order valence-corrected chi connectivity index (χ2v) is 7.40. The van der Waals surface area contributed by atoms with Crippen molar-refractivity contribution in [2.75, 3.05) is 6.54 Å². The first-order chi connectivity index (χ1) is 15.1. The van der Waals surface area contributed by atoms with Gasteiger partial charge in [0.1, 0.15) is 0 Å². The number of carbonyl (C=O) groups excluding carboxylic acids is 3. The van der Waals surface area contributed by atoms with Crippen molar-refractivity contribution in [2.24, 2.45) is 0 Å². The Bertz CT molecular complexity index is 1290. The van der Waals surface area contributed by atoms with E-state index in [2.05, 4.69) is 15.5 Å². The van der Waals surface area contributed by atoms with Crippen molar-refractivity contribution in [3.05, 3.63) is 77.7 Å². The minimum absolute atomic E-state index is 0.174. The number of carbonyl (C=O) groups is 3. The maximum absolute atomic E-state index is 12.9. The van der Waals surface area contributed by atoms with Crippen molar-refractivity contribution >= 4 is 34.1 Å². The molecule has 8 heteroatoms. The highest BCUT2D eigenvalue weighted by Gasteiger charge is 2.32. The van der Waals surface area contributed by atoms with E-state index in [0.717, 1.165) is 5.39 Å². The van der Waals surface area contributed by atoms with Crippen molar-refractivity contribution in [2.45, 2.75) is 19.4 Å². The van der Waals surface area contributed by atoms with Crippen LogP contribution in [0.1, 0.15) is 39.4 Å². The molecule has 1 N–H and O–H groups in total. The lowest BCUT2D eigenvalue weighted by Crippen LogP contribution is -2.41. The van der Waals surface area contributed by atoms with Gasteiger partial charge in [0, 0.05) is 35.7 Å². The standard InChI is InChI=1S/C23H19N5O3/c29-20(24-14-19-26-25-18-10-1-2-12-27(18)19)11-5-13-28-22(30)16-8-3-6-15-7-4-9-17(21(15)16)23(28)31/h1-4,6-10,12H,5,11,13-14H2,(H,24,29). The van der Waals surface area contributed by atoms with E-state index in [1.807, 2.05) is 53.1 Å². The van der Waals surface area contributed by atoms with E-state index in [1.165, 1.54) is 4.90 Å². The Morgan fingerprint density at radius 3 is 2.39 bits per heavy atom. The summed E-state index contributed by atoms with van der Waals surface area (Å²) in [6, 6.07) is 16.5. The number of benzene rings is 2. The second-order valence-electron chi connectivity index (χ2n) is 7.40. The molecule has 3 heterocycles. The summed E-state index contributed by atoms with van der Waals surface area (Å²) >= 11 is 0. The summed E-state index contributed by atoms with van der Waals surface area (Å²) in [5.41, 5.74) is 1.76. The lowest BCUT2D eigenvalue weighted by molar-refractivity contribution is -0.121. The largest absolute Gasteiger partial charge is 0.349 e. The molecule has 0 atom stereocenters. The third-order valence-corrected chi connectivity index (χ3v) is 5.47. The number of pyridine rings is 1. The molecule has 4 aromatic rings. The molecule has 0 aliphatic carbocycles. The Labute approximate surface area is 177 Å². The zero-order valence-electron chi connectivity index (χ0n) is 16.6. The van der Waals surface area contributed by atoms with E-state index in [9.17, 15) is 14.4 Å². The molecule has 2 aromatic carbocycles. The van der Waals surface area contributed by atoms with E-state index >= 15 is 0 Å². The number of rotatable bonds is 6. The number of aromatic nitrogens is 3. The first kappa shape index (κ1) is 18.9. The van der Waals surface area contributed by atoms with Crippen LogP contribution in [0.15, 0.2) is 60.8 Å². The van der Waals surface area contributed by atoms with E-state index in [4.69, 9.17) is 0 Å². The van der Waals surface area contributed by atoms with Crippen LogP contribution in [0.4, 0.5) is 0 Å². The molecular formula is C23H19N5O3. The zero-order chi connectivity index (χ0) is 21.4. The molecule has 3 amide bonds. The summed E-state index contributed by atoms with van der Waals surface area (Å²) in [5, 5.41) is 12.5. The average molecular weight is 413 g/mol. The van der Waals surface area contributed by atoms with Gasteiger partial charge in [0.15, 0.2) is 11.5 Å². The molecule has 5 rings (SSSR count). The van der Waals surface area contributed by atoms with Crippen LogP contribution in [0.5, 0.6) is 0 Å². The van der Waals surface area contributed by atoms with Crippen LogP contribution in [0.25, 0.3) is 16.4 Å². The highest BCUT2D eigenvalue weighted by molar-refractivity contribution is 6.25. The maximum Gasteiger partial charge on any atom is 0.261 e. The molecule has 31 heavy (non-hydrogen) atoms. The van der Waals surface area contributed by atoms with Gasteiger partial charge in [-0.15, -0.1) is 10.2 Å². The van der Waals surface area contributed by atoms with Gasteiger partial charge in [0.2, 0.25) is 5.91 Å². The molecule has 0 unspecified atom stereocenters. The van der Waals surface area contributed by atoms with E-state index in [0.29, 0.717) is 34.4 Å². The molecule has 8 nitrogen and oxygen atoms in total. The first-order valence-corrected chi connectivity index (χ1v) is 10.1. The summed E-state index contributed by atoms with van der Waals surface area (Å²) in [5.74, 6) is -0.170. The van der Waals surface area contributed by atoms with Crippen LogP contribution in [-0.2, 0) is 11.3 Å². The Morgan fingerprint density at radius 1 is 0.903 bits per heavy atom. The molecule has 0 bridgehead atoms. The summed E-state index contributed by atoms with van der Waals surface area (Å²) < 4.78 is 1.81. The van der Waals surface area contributed by atoms with Gasteiger partial charge in [0.25, 0.3) is 11.8 Å². The second kappa shape index (κ2) is 7.64. The summed E-state index contributed by atoms with van der Waals surface area (Å²) in [6.45, 7) is 0.435. The molecule has 0 radical (unpaired) electrons. The van der Waals surface area contributed by atoms with Gasteiger partial charge in [-0.25, -0.2) is 0 Å². The average Bonchev–Trinajstić information content (AvgIpc) is 3.21. The number of hydrogen-bond acceptors (Lipinski definition) is 5. The van der Waals surface area contributed by atoms with Gasteiger partial charge in [-0.3, -0.25) is 23.7 Å². The monoisotopic (exact) mass is 413 g/mol. The molecule has 0 spiro atoms. The van der Waals surface area contributed by atoms with Gasteiger partial charge in [-0.1, -0.05) is 30.3 Å². The number of imide groups is 1. The van der Waals surface area contributed by atoms with E-state index in [-0.39, 0.29) is 37.2 Å². The van der Waals surface area contributed by atoms with Crippen LogP contribution in [0.2, 0.25) is 0 Å². The lowest BCUT2D eigenvalue weighted by Gasteiger charge is -2.27. The van der Waals surface area contributed by atoms with Crippen molar-refractivity contribution < 1.29 is 14.4 Å². The number of nitrogens with one attached hydrogen (secondary N) is 1. The SMILES string of the molecule is O=C(CCCN1C(=O)c2cccc3cccc(c23)C1=O)NCc1nnc2ccccn12. The van der Waals surface area contributed by atoms with Crippen LogP contribution in [-0.4, -0.2) is 43.8 Å². The fraction of sp³-hybridized carbons (Fsp3) is 0.174. The predicted octanol–water partition coefficient (Wildman–Crippen LogP) is 2.58. The Hall–Kier alpha value is -4.07. The van der Waals surface area contributed by atoms with Gasteiger partial charge in [-0.05, 0) is 36.1 Å². The van der Waals surface area contributed by atoms with Crippen LogP contribution >= 0.6 is 0 Å². The van der Waals surface area contributed by atoms with Gasteiger partial charge < -0.3 is 5.32 Å². The number of hydrogen-bond donors (Lipinski definition) is 1. The fourth-order valence-electron chi connectivity index (χ4n) is 3.96. The quantitative estimate of drug-likeness (QED) is 0.490. The van der Waals surface area contributed by atoms with Crippen molar-refractivity contribution in [1.29, 1.82) is 0 Å². The summed E-state index contributed by atoms with van der Waals surface area (Å²) in [6.07, 6.45) is 2.41. The fourth-order valence-corrected chi connectivity index (χ4v) is 3.96. The summed E-state index contributed by atoms with van der Waals surface area (Å²) in [7, 11) is 0. The van der Waals surface area contributed by atoms with Gasteiger partial charge in [0.05, 0.1) is 6.54 Å². The topological polar surface area (TPSA) is 96.7 Å². The third-order valence-electron chi connectivity index (χ3n) is 5.47. The number of amides is 3. The van der Waals surface area contributed by atoms with E-state index < -0.39 is 0 Å². The maximum atomic E-state index is 12.9. The molecule has 0 saturated carbocycles. The minimum atomic E-state index is -0.315. The Morgan fingerprint density at radius 2 is 1.65 bits per heavy atom. The predicted molar refractivity (Wildman–Crippen MR) is 113 cm³/mol. The number of nitrogens with zero attached hydrogens (tertiary/aromatic N) is 4. The molecule has 1 aliphatic rings. The Balaban J connectivity index is 1.21. The van der Waals surface area contributed by atoms with E-state index in [1.54, 1.807) is 12.1 Å². The van der Waals surface area contributed by atoms with Crippen LogP contribution in [0.3, 0.4) is 0 Å². The molecule has 2 aromatic heterocycles. The normalized spacial score (nSPS) is 13.2. The van der Waals surface area contributed by atoms with Crippen molar-refractivity contribution in [1.82, 2.24) is 24.8 Å². The van der Waals surface area contributed by atoms with Crippen molar-refractivity contribution in [3.8, 4) is 0 Å². The molecule has 0 fully saturated rings. The molecule has 0 saturated heterocycles. The van der Waals surface area contributed by atoms with Gasteiger partial charge >= 0.3 is 0 Å². The minimum Gasteiger partial charge on any atom is -0.349 e. The lowest BCUT2D eigenvalue weighted by atomic mass is 9.94. The van der Waals surface area contributed by atoms with Crippen molar-refractivity contribution in [3.63, 3.8) is 0 Å². The molecule has 154 valence electrons. The molecule has 1 aliphatic heterocycles. The highest BCUT2D eigenvalue weighted by atomic mass is 16.2.